The smallest absolute Gasteiger partial charge is 0.258 e. The fourth-order valence-electron chi connectivity index (χ4n) is 2.26. The van der Waals surface area contributed by atoms with Crippen molar-refractivity contribution < 1.29 is 9.53 Å². The fraction of sp³-hybridized carbons (Fsp3) is 0.278. The first-order valence-corrected chi connectivity index (χ1v) is 8.77. The Bertz CT molecular complexity index is 975. The van der Waals surface area contributed by atoms with Crippen LogP contribution in [-0.2, 0) is 11.4 Å². The number of nitrogens with zero attached hydrogens (tertiary/aromatic N) is 2. The average Bonchev–Trinajstić information content (AvgIpc) is 2.95. The second kappa shape index (κ2) is 7.06. The van der Waals surface area contributed by atoms with E-state index in [1.807, 2.05) is 32.9 Å². The zero-order chi connectivity index (χ0) is 18.0. The van der Waals surface area contributed by atoms with E-state index >= 15 is 0 Å². The first-order valence-electron chi connectivity index (χ1n) is 7.95. The Balaban J connectivity index is 1.80. The average molecular weight is 357 g/mol. The summed E-state index contributed by atoms with van der Waals surface area (Å²) >= 11 is 1.46. The van der Waals surface area contributed by atoms with Crippen LogP contribution in [0.15, 0.2) is 41.3 Å². The SMILES string of the molecule is Cc1cn2c(=O)cc(COc3ccccc3NC(=O)C(C)C)nc2s1. The summed E-state index contributed by atoms with van der Waals surface area (Å²) in [6, 6.07) is 8.68. The summed E-state index contributed by atoms with van der Waals surface area (Å²) in [5.41, 5.74) is 1.03. The van der Waals surface area contributed by atoms with Gasteiger partial charge in [0.25, 0.3) is 5.56 Å². The number of anilines is 1. The third kappa shape index (κ3) is 3.88. The van der Waals surface area contributed by atoms with Crippen molar-refractivity contribution >= 4 is 27.9 Å². The molecular formula is C18H19N3O3S. The Morgan fingerprint density at radius 1 is 1.36 bits per heavy atom. The molecule has 3 aromatic rings. The minimum absolute atomic E-state index is 0.0806. The molecule has 0 saturated carbocycles. The Morgan fingerprint density at radius 3 is 2.88 bits per heavy atom. The van der Waals surface area contributed by atoms with Gasteiger partial charge < -0.3 is 10.1 Å². The van der Waals surface area contributed by atoms with Crippen molar-refractivity contribution in [1.82, 2.24) is 9.38 Å². The monoisotopic (exact) mass is 357 g/mol. The summed E-state index contributed by atoms with van der Waals surface area (Å²) in [5, 5.41) is 2.84. The van der Waals surface area contributed by atoms with Gasteiger partial charge in [-0.1, -0.05) is 26.0 Å². The summed E-state index contributed by atoms with van der Waals surface area (Å²) in [6.45, 7) is 5.74. The van der Waals surface area contributed by atoms with Gasteiger partial charge in [0.2, 0.25) is 5.91 Å². The van der Waals surface area contributed by atoms with Gasteiger partial charge in [0, 0.05) is 23.1 Å². The summed E-state index contributed by atoms with van der Waals surface area (Å²) in [7, 11) is 0. The van der Waals surface area contributed by atoms with E-state index in [4.69, 9.17) is 4.74 Å². The molecule has 1 N–H and O–H groups in total. The number of ether oxygens (including phenoxy) is 1. The van der Waals surface area contributed by atoms with Crippen LogP contribution in [0, 0.1) is 12.8 Å². The number of para-hydroxylation sites is 2. The van der Waals surface area contributed by atoms with E-state index in [1.165, 1.54) is 21.8 Å². The second-order valence-electron chi connectivity index (χ2n) is 6.01. The normalized spacial score (nSPS) is 11.0. The van der Waals surface area contributed by atoms with Gasteiger partial charge in [0.15, 0.2) is 4.96 Å². The van der Waals surface area contributed by atoms with Crippen LogP contribution in [0.1, 0.15) is 24.4 Å². The highest BCUT2D eigenvalue weighted by atomic mass is 32.1. The highest BCUT2D eigenvalue weighted by Gasteiger charge is 2.12. The molecule has 0 aliphatic heterocycles. The number of amides is 1. The van der Waals surface area contributed by atoms with Crippen molar-refractivity contribution in [2.24, 2.45) is 5.92 Å². The molecule has 7 heteroatoms. The third-order valence-corrected chi connectivity index (χ3v) is 4.48. The predicted octanol–water partition coefficient (Wildman–Crippen LogP) is 3.24. The molecule has 0 fully saturated rings. The maximum absolute atomic E-state index is 12.1. The van der Waals surface area contributed by atoms with E-state index in [2.05, 4.69) is 10.3 Å². The molecule has 0 aliphatic rings. The van der Waals surface area contributed by atoms with Crippen LogP contribution in [0.25, 0.3) is 4.96 Å². The molecule has 25 heavy (non-hydrogen) atoms. The number of nitrogens with one attached hydrogen (secondary N) is 1. The van der Waals surface area contributed by atoms with E-state index in [-0.39, 0.29) is 24.0 Å². The number of carbonyl (C=O) groups is 1. The lowest BCUT2D eigenvalue weighted by atomic mass is 10.2. The van der Waals surface area contributed by atoms with Crippen molar-refractivity contribution in [3.63, 3.8) is 0 Å². The number of hydrogen-bond donors (Lipinski definition) is 1. The molecular weight excluding hydrogens is 338 g/mol. The lowest BCUT2D eigenvalue weighted by molar-refractivity contribution is -0.118. The Labute approximate surface area is 149 Å². The molecule has 0 atom stereocenters. The zero-order valence-electron chi connectivity index (χ0n) is 14.3. The topological polar surface area (TPSA) is 72.7 Å². The van der Waals surface area contributed by atoms with Crippen LogP contribution >= 0.6 is 11.3 Å². The molecule has 1 aromatic carbocycles. The Kier molecular flexibility index (Phi) is 4.85. The van der Waals surface area contributed by atoms with Gasteiger partial charge in [-0.05, 0) is 19.1 Å². The summed E-state index contributed by atoms with van der Waals surface area (Å²) in [5.74, 6) is 0.336. The Hall–Kier alpha value is -2.67. The number of aromatic nitrogens is 2. The van der Waals surface area contributed by atoms with Crippen molar-refractivity contribution in [2.45, 2.75) is 27.4 Å². The number of carbonyl (C=O) groups excluding carboxylic acids is 1. The first kappa shape index (κ1) is 17.2. The quantitative estimate of drug-likeness (QED) is 0.761. The summed E-state index contributed by atoms with van der Waals surface area (Å²) in [4.78, 5) is 30.2. The maximum Gasteiger partial charge on any atom is 0.258 e. The molecule has 6 nitrogen and oxygen atoms in total. The van der Waals surface area contributed by atoms with Gasteiger partial charge in [0.05, 0.1) is 11.4 Å². The number of rotatable bonds is 5. The zero-order valence-corrected chi connectivity index (χ0v) is 15.1. The molecule has 0 spiro atoms. The van der Waals surface area contributed by atoms with Crippen LogP contribution in [0.2, 0.25) is 0 Å². The Morgan fingerprint density at radius 2 is 2.12 bits per heavy atom. The number of hydrogen-bond acceptors (Lipinski definition) is 5. The lowest BCUT2D eigenvalue weighted by Gasteiger charge is -2.13. The molecule has 1 amide bonds. The van der Waals surface area contributed by atoms with E-state index in [0.29, 0.717) is 22.1 Å². The fourth-order valence-corrected chi connectivity index (χ4v) is 3.11. The lowest BCUT2D eigenvalue weighted by Crippen LogP contribution is -2.18. The number of fused-ring (bicyclic) bond motifs is 1. The highest BCUT2D eigenvalue weighted by molar-refractivity contribution is 7.16. The number of aryl methyl sites for hydroxylation is 1. The largest absolute Gasteiger partial charge is 0.485 e. The van der Waals surface area contributed by atoms with Gasteiger partial charge in [0.1, 0.15) is 12.4 Å². The van der Waals surface area contributed by atoms with Gasteiger partial charge in [-0.25, -0.2) is 4.98 Å². The van der Waals surface area contributed by atoms with Gasteiger partial charge >= 0.3 is 0 Å². The highest BCUT2D eigenvalue weighted by Crippen LogP contribution is 2.25. The second-order valence-corrected chi connectivity index (χ2v) is 7.22. The summed E-state index contributed by atoms with van der Waals surface area (Å²) < 4.78 is 7.32. The molecule has 2 heterocycles. The van der Waals surface area contributed by atoms with Crippen molar-refractivity contribution in [2.75, 3.05) is 5.32 Å². The van der Waals surface area contributed by atoms with Crippen molar-refractivity contribution in [1.29, 1.82) is 0 Å². The molecule has 3 rings (SSSR count). The van der Waals surface area contributed by atoms with E-state index in [1.54, 1.807) is 18.3 Å². The first-order chi connectivity index (χ1) is 11.9. The minimum atomic E-state index is -0.130. The van der Waals surface area contributed by atoms with Crippen molar-refractivity contribution in [3.8, 4) is 5.75 Å². The van der Waals surface area contributed by atoms with E-state index in [9.17, 15) is 9.59 Å². The predicted molar refractivity (Wildman–Crippen MR) is 98.3 cm³/mol. The third-order valence-electron chi connectivity index (χ3n) is 3.58. The van der Waals surface area contributed by atoms with E-state index < -0.39 is 0 Å². The van der Waals surface area contributed by atoms with Crippen LogP contribution < -0.4 is 15.6 Å². The van der Waals surface area contributed by atoms with Crippen LogP contribution in [0.5, 0.6) is 5.75 Å². The standard InChI is InChI=1S/C18H19N3O3S/c1-11(2)17(23)20-14-6-4-5-7-15(14)24-10-13-8-16(22)21-9-12(3)25-18(21)19-13/h4-9,11H,10H2,1-3H3,(H,20,23). The number of thiazole rings is 1. The molecule has 0 saturated heterocycles. The van der Waals surface area contributed by atoms with Crippen molar-refractivity contribution in [3.05, 3.63) is 57.5 Å². The molecule has 0 aliphatic carbocycles. The molecule has 0 unspecified atom stereocenters. The van der Waals surface area contributed by atoms with Crippen LogP contribution in [-0.4, -0.2) is 15.3 Å². The molecule has 130 valence electrons. The van der Waals surface area contributed by atoms with Gasteiger partial charge in [-0.15, -0.1) is 11.3 Å². The molecule has 0 bridgehead atoms. The molecule has 0 radical (unpaired) electrons. The minimum Gasteiger partial charge on any atom is -0.485 e. The summed E-state index contributed by atoms with van der Waals surface area (Å²) in [6.07, 6.45) is 1.77. The van der Waals surface area contributed by atoms with Gasteiger partial charge in [-0.2, -0.15) is 0 Å². The van der Waals surface area contributed by atoms with Crippen LogP contribution in [0.3, 0.4) is 0 Å². The van der Waals surface area contributed by atoms with Gasteiger partial charge in [-0.3, -0.25) is 14.0 Å². The van der Waals surface area contributed by atoms with E-state index in [0.717, 1.165) is 4.88 Å². The molecule has 2 aromatic heterocycles. The maximum atomic E-state index is 12.1. The van der Waals surface area contributed by atoms with Crippen LogP contribution in [0.4, 0.5) is 5.69 Å². The number of benzene rings is 1.